The molecule has 29 heavy (non-hydrogen) atoms. The number of hydrogen-bond acceptors (Lipinski definition) is 3. The fourth-order valence-electron chi connectivity index (χ4n) is 3.77. The van der Waals surface area contributed by atoms with Gasteiger partial charge in [-0.1, -0.05) is 36.4 Å². The van der Waals surface area contributed by atoms with Crippen LogP contribution in [0, 0.1) is 0 Å². The molecule has 0 aromatic heterocycles. The fourth-order valence-corrected chi connectivity index (χ4v) is 5.48. The van der Waals surface area contributed by atoms with Gasteiger partial charge in [-0.2, -0.15) is 0 Å². The van der Waals surface area contributed by atoms with Crippen molar-refractivity contribution >= 4 is 27.3 Å². The summed E-state index contributed by atoms with van der Waals surface area (Å²) in [5.74, 6) is -0.129. The molecule has 0 N–H and O–H groups in total. The Balaban J connectivity index is 1.67. The highest BCUT2D eigenvalue weighted by atomic mass is 32.2. The highest BCUT2D eigenvalue weighted by Gasteiger charge is 2.36. The van der Waals surface area contributed by atoms with E-state index < -0.39 is 10.0 Å². The second-order valence-electron chi connectivity index (χ2n) is 7.21. The van der Waals surface area contributed by atoms with Crippen molar-refractivity contribution in [2.45, 2.75) is 24.3 Å². The van der Waals surface area contributed by atoms with Crippen molar-refractivity contribution in [2.24, 2.45) is 0 Å². The highest BCUT2D eigenvalue weighted by molar-refractivity contribution is 7.92. The van der Waals surface area contributed by atoms with Crippen molar-refractivity contribution in [3.05, 3.63) is 90.0 Å². The Morgan fingerprint density at radius 1 is 0.966 bits per heavy atom. The number of benzene rings is 3. The van der Waals surface area contributed by atoms with E-state index in [2.05, 4.69) is 0 Å². The molecular formula is C23H22N2O3S. The molecule has 1 aliphatic rings. The summed E-state index contributed by atoms with van der Waals surface area (Å²) >= 11 is 0. The first kappa shape index (κ1) is 19.2. The summed E-state index contributed by atoms with van der Waals surface area (Å²) in [5, 5.41) is 0. The van der Waals surface area contributed by atoms with Gasteiger partial charge in [-0.15, -0.1) is 0 Å². The predicted molar refractivity (Wildman–Crippen MR) is 115 cm³/mol. The van der Waals surface area contributed by atoms with Crippen molar-refractivity contribution < 1.29 is 13.2 Å². The number of rotatable bonds is 4. The third-order valence-corrected chi connectivity index (χ3v) is 7.17. The van der Waals surface area contributed by atoms with Crippen LogP contribution in [0.4, 0.5) is 11.4 Å². The van der Waals surface area contributed by atoms with E-state index in [0.717, 1.165) is 11.3 Å². The second-order valence-corrected chi connectivity index (χ2v) is 9.03. The van der Waals surface area contributed by atoms with Gasteiger partial charge in [-0.05, 0) is 61.4 Å². The van der Waals surface area contributed by atoms with Gasteiger partial charge in [0.15, 0.2) is 0 Å². The molecule has 0 unspecified atom stereocenters. The van der Waals surface area contributed by atoms with Crippen molar-refractivity contribution in [1.82, 2.24) is 0 Å². The number of fused-ring (bicyclic) bond motifs is 1. The lowest BCUT2D eigenvalue weighted by atomic mass is 10.1. The number of nitrogens with zero attached hydrogens (tertiary/aromatic N) is 2. The molecule has 0 aliphatic carbocycles. The molecule has 0 bridgehead atoms. The van der Waals surface area contributed by atoms with Gasteiger partial charge in [0.2, 0.25) is 0 Å². The topological polar surface area (TPSA) is 57.7 Å². The zero-order valence-corrected chi connectivity index (χ0v) is 17.1. The van der Waals surface area contributed by atoms with Gasteiger partial charge in [-0.25, -0.2) is 8.42 Å². The van der Waals surface area contributed by atoms with Crippen LogP contribution in [0.2, 0.25) is 0 Å². The van der Waals surface area contributed by atoms with E-state index in [1.807, 2.05) is 43.3 Å². The van der Waals surface area contributed by atoms with E-state index >= 15 is 0 Å². The van der Waals surface area contributed by atoms with Gasteiger partial charge in [-0.3, -0.25) is 9.10 Å². The molecule has 0 saturated heterocycles. The number of anilines is 2. The Morgan fingerprint density at radius 3 is 2.24 bits per heavy atom. The maximum Gasteiger partial charge on any atom is 0.264 e. The Labute approximate surface area is 171 Å². The molecule has 0 fully saturated rings. The predicted octanol–water partition coefficient (Wildman–Crippen LogP) is 4.10. The van der Waals surface area contributed by atoms with E-state index in [0.29, 0.717) is 17.7 Å². The van der Waals surface area contributed by atoms with E-state index in [9.17, 15) is 13.2 Å². The highest BCUT2D eigenvalue weighted by Crippen LogP contribution is 2.37. The smallest absolute Gasteiger partial charge is 0.264 e. The quantitative estimate of drug-likeness (QED) is 0.655. The van der Waals surface area contributed by atoms with Gasteiger partial charge in [0.05, 0.1) is 10.6 Å². The summed E-state index contributed by atoms with van der Waals surface area (Å²) in [6, 6.07) is 22.9. The number of sulfonamides is 1. The van der Waals surface area contributed by atoms with Gasteiger partial charge < -0.3 is 4.90 Å². The van der Waals surface area contributed by atoms with Gasteiger partial charge in [0.1, 0.15) is 0 Å². The number of amides is 1. The standard InChI is InChI=1S/C23H22N2O3S/c1-17-15-19-16-18(23(26)24(2)20-9-5-3-6-10-20)13-14-22(19)25(17)29(27,28)21-11-7-4-8-12-21/h3-14,16-17H,15H2,1-2H3/t17-/m1/s1. The van der Waals surface area contributed by atoms with Crippen LogP contribution in [-0.4, -0.2) is 27.4 Å². The minimum absolute atomic E-state index is 0.129. The van der Waals surface area contributed by atoms with E-state index in [1.165, 1.54) is 4.31 Å². The molecule has 0 spiro atoms. The number of para-hydroxylation sites is 1. The molecule has 5 nitrogen and oxygen atoms in total. The molecule has 148 valence electrons. The zero-order chi connectivity index (χ0) is 20.6. The molecule has 1 atom stereocenters. The van der Waals surface area contributed by atoms with Crippen molar-refractivity contribution in [3.8, 4) is 0 Å². The summed E-state index contributed by atoms with van der Waals surface area (Å²) < 4.78 is 27.8. The summed E-state index contributed by atoms with van der Waals surface area (Å²) in [6.07, 6.45) is 0.567. The monoisotopic (exact) mass is 406 g/mol. The van der Waals surface area contributed by atoms with E-state index in [-0.39, 0.29) is 16.8 Å². The first-order chi connectivity index (χ1) is 13.9. The molecule has 1 amide bonds. The lowest BCUT2D eigenvalue weighted by Gasteiger charge is -2.24. The van der Waals surface area contributed by atoms with Gasteiger partial charge >= 0.3 is 0 Å². The summed E-state index contributed by atoms with van der Waals surface area (Å²) in [6.45, 7) is 1.89. The molecule has 4 rings (SSSR count). The SMILES string of the molecule is C[C@@H]1Cc2cc(C(=O)N(C)c3ccccc3)ccc2N1S(=O)(=O)c1ccccc1. The van der Waals surface area contributed by atoms with Crippen LogP contribution in [0.5, 0.6) is 0 Å². The Morgan fingerprint density at radius 2 is 1.59 bits per heavy atom. The number of carbonyl (C=O) groups excluding carboxylic acids is 1. The normalized spacial score (nSPS) is 15.8. The fraction of sp³-hybridized carbons (Fsp3) is 0.174. The summed E-state index contributed by atoms with van der Waals surface area (Å²) in [4.78, 5) is 14.8. The van der Waals surface area contributed by atoms with Gasteiger partial charge in [0, 0.05) is 24.3 Å². The Bertz CT molecular complexity index is 1150. The zero-order valence-electron chi connectivity index (χ0n) is 16.3. The number of carbonyl (C=O) groups is 1. The minimum Gasteiger partial charge on any atom is -0.311 e. The summed E-state index contributed by atoms with van der Waals surface area (Å²) in [5.41, 5.74) is 2.85. The van der Waals surface area contributed by atoms with Crippen molar-refractivity contribution in [2.75, 3.05) is 16.3 Å². The van der Waals surface area contributed by atoms with Crippen LogP contribution in [0.25, 0.3) is 0 Å². The maximum atomic E-state index is 13.2. The molecule has 6 heteroatoms. The minimum atomic E-state index is -3.66. The molecule has 1 aliphatic heterocycles. The van der Waals surface area contributed by atoms with Crippen LogP contribution < -0.4 is 9.21 Å². The summed E-state index contributed by atoms with van der Waals surface area (Å²) in [7, 11) is -1.92. The molecule has 1 heterocycles. The lowest BCUT2D eigenvalue weighted by Crippen LogP contribution is -2.35. The Hall–Kier alpha value is -3.12. The average molecular weight is 407 g/mol. The van der Waals surface area contributed by atoms with E-state index in [4.69, 9.17) is 0 Å². The van der Waals surface area contributed by atoms with Crippen LogP contribution in [0.3, 0.4) is 0 Å². The van der Waals surface area contributed by atoms with Crippen molar-refractivity contribution in [1.29, 1.82) is 0 Å². The molecule has 0 saturated carbocycles. The average Bonchev–Trinajstić information content (AvgIpc) is 3.09. The van der Waals surface area contributed by atoms with Crippen LogP contribution >= 0.6 is 0 Å². The molecule has 3 aromatic carbocycles. The maximum absolute atomic E-state index is 13.2. The first-order valence-corrected chi connectivity index (χ1v) is 10.9. The molecular weight excluding hydrogens is 384 g/mol. The first-order valence-electron chi connectivity index (χ1n) is 9.45. The largest absolute Gasteiger partial charge is 0.311 e. The van der Waals surface area contributed by atoms with Crippen LogP contribution in [-0.2, 0) is 16.4 Å². The third kappa shape index (κ3) is 3.40. The second kappa shape index (κ2) is 7.37. The molecule has 0 radical (unpaired) electrons. The van der Waals surface area contributed by atoms with E-state index in [1.54, 1.807) is 54.4 Å². The molecule has 3 aromatic rings. The van der Waals surface area contributed by atoms with Crippen LogP contribution in [0.15, 0.2) is 83.8 Å². The van der Waals surface area contributed by atoms with Crippen LogP contribution in [0.1, 0.15) is 22.8 Å². The third-order valence-electron chi connectivity index (χ3n) is 5.23. The number of hydrogen-bond donors (Lipinski definition) is 0. The lowest BCUT2D eigenvalue weighted by molar-refractivity contribution is 0.0993. The van der Waals surface area contributed by atoms with Gasteiger partial charge in [0.25, 0.3) is 15.9 Å². The Kier molecular flexibility index (Phi) is 4.88. The van der Waals surface area contributed by atoms with Crippen molar-refractivity contribution in [3.63, 3.8) is 0 Å².